The van der Waals surface area contributed by atoms with Crippen LogP contribution in [0, 0.1) is 11.3 Å². The van der Waals surface area contributed by atoms with Crippen LogP contribution < -0.4 is 0 Å². The van der Waals surface area contributed by atoms with Crippen molar-refractivity contribution in [2.75, 3.05) is 0 Å². The normalized spacial score (nSPS) is 16.2. The summed E-state index contributed by atoms with van der Waals surface area (Å²) in [5.41, 5.74) is -0.520. The minimum Gasteiger partial charge on any atom is -0.481 e. The number of aliphatic carboxylic acids is 1. The largest absolute Gasteiger partial charge is 0.481 e. The second kappa shape index (κ2) is 9.41. The first-order valence-electron chi connectivity index (χ1n) is 7.76. The van der Waals surface area contributed by atoms with Gasteiger partial charge in [0, 0.05) is 0 Å². The Morgan fingerprint density at radius 3 is 2.11 bits per heavy atom. The SMILES string of the molecule is CCCCCCCC(CC)C(C)(CCC)C(=O)O. The van der Waals surface area contributed by atoms with Gasteiger partial charge in [-0.15, -0.1) is 0 Å². The molecule has 0 saturated heterocycles. The van der Waals surface area contributed by atoms with E-state index >= 15 is 0 Å². The maximum absolute atomic E-state index is 11.5. The highest BCUT2D eigenvalue weighted by Crippen LogP contribution is 2.38. The molecule has 2 atom stereocenters. The summed E-state index contributed by atoms with van der Waals surface area (Å²) in [4.78, 5) is 11.5. The van der Waals surface area contributed by atoms with Crippen molar-refractivity contribution in [3.8, 4) is 0 Å². The summed E-state index contributed by atoms with van der Waals surface area (Å²) in [6.07, 6.45) is 10.1. The average Bonchev–Trinajstić information content (AvgIpc) is 2.33. The van der Waals surface area contributed by atoms with Crippen LogP contribution >= 0.6 is 0 Å². The summed E-state index contributed by atoms with van der Waals surface area (Å²) < 4.78 is 0. The molecule has 0 radical (unpaired) electrons. The number of carbonyl (C=O) groups is 1. The molecule has 0 aliphatic carbocycles. The van der Waals surface area contributed by atoms with E-state index in [0.29, 0.717) is 5.92 Å². The van der Waals surface area contributed by atoms with Crippen LogP contribution in [0.15, 0.2) is 0 Å². The molecule has 0 aromatic carbocycles. The van der Waals surface area contributed by atoms with E-state index in [-0.39, 0.29) is 0 Å². The molecule has 0 aromatic rings. The molecule has 2 unspecified atom stereocenters. The predicted molar refractivity (Wildman–Crippen MR) is 77.8 cm³/mol. The zero-order valence-corrected chi connectivity index (χ0v) is 12.8. The summed E-state index contributed by atoms with van der Waals surface area (Å²) in [5, 5.41) is 9.51. The Bertz CT molecular complexity index is 225. The molecule has 0 heterocycles. The van der Waals surface area contributed by atoms with Crippen LogP contribution in [-0.4, -0.2) is 11.1 Å². The molecule has 0 fully saturated rings. The van der Waals surface area contributed by atoms with Gasteiger partial charge >= 0.3 is 5.97 Å². The topological polar surface area (TPSA) is 37.3 Å². The van der Waals surface area contributed by atoms with E-state index in [4.69, 9.17) is 0 Å². The Balaban J connectivity index is 4.30. The molecule has 0 saturated carbocycles. The molecular weight excluding hydrogens is 224 g/mol. The van der Waals surface area contributed by atoms with Gasteiger partial charge in [-0.1, -0.05) is 65.7 Å². The molecule has 1 N–H and O–H groups in total. The Morgan fingerprint density at radius 1 is 1.06 bits per heavy atom. The second-order valence-electron chi connectivity index (χ2n) is 5.78. The third kappa shape index (κ3) is 5.41. The maximum atomic E-state index is 11.5. The second-order valence-corrected chi connectivity index (χ2v) is 5.78. The molecule has 0 amide bonds. The van der Waals surface area contributed by atoms with Gasteiger partial charge in [0.05, 0.1) is 5.41 Å². The third-order valence-corrected chi connectivity index (χ3v) is 4.31. The molecule has 2 heteroatoms. The first kappa shape index (κ1) is 17.5. The van der Waals surface area contributed by atoms with E-state index in [0.717, 1.165) is 25.7 Å². The number of hydrogen-bond donors (Lipinski definition) is 1. The number of carboxylic acids is 1. The smallest absolute Gasteiger partial charge is 0.309 e. The van der Waals surface area contributed by atoms with Crippen molar-refractivity contribution in [3.63, 3.8) is 0 Å². The molecule has 18 heavy (non-hydrogen) atoms. The Morgan fingerprint density at radius 2 is 1.67 bits per heavy atom. The van der Waals surface area contributed by atoms with Crippen molar-refractivity contribution >= 4 is 5.97 Å². The molecule has 0 aromatic heterocycles. The van der Waals surface area contributed by atoms with Crippen molar-refractivity contribution in [1.29, 1.82) is 0 Å². The van der Waals surface area contributed by atoms with Gasteiger partial charge in [0.2, 0.25) is 0 Å². The van der Waals surface area contributed by atoms with Gasteiger partial charge in [-0.2, -0.15) is 0 Å². The van der Waals surface area contributed by atoms with Crippen LogP contribution in [0.3, 0.4) is 0 Å². The summed E-state index contributed by atoms with van der Waals surface area (Å²) in [6, 6.07) is 0. The molecule has 0 bridgehead atoms. The lowest BCUT2D eigenvalue weighted by Crippen LogP contribution is -2.35. The number of unbranched alkanes of at least 4 members (excludes halogenated alkanes) is 4. The first-order valence-corrected chi connectivity index (χ1v) is 7.76. The molecule has 108 valence electrons. The molecule has 0 aliphatic rings. The molecule has 0 aliphatic heterocycles. The van der Waals surface area contributed by atoms with Crippen molar-refractivity contribution < 1.29 is 9.90 Å². The minimum absolute atomic E-state index is 0.330. The highest BCUT2D eigenvalue weighted by atomic mass is 16.4. The quantitative estimate of drug-likeness (QED) is 0.512. The van der Waals surface area contributed by atoms with Gasteiger partial charge in [-0.25, -0.2) is 0 Å². The molecule has 0 rings (SSSR count). The maximum Gasteiger partial charge on any atom is 0.309 e. The van der Waals surface area contributed by atoms with Crippen LogP contribution in [0.2, 0.25) is 0 Å². The average molecular weight is 256 g/mol. The fourth-order valence-corrected chi connectivity index (χ4v) is 2.97. The molecule has 0 spiro atoms. The summed E-state index contributed by atoms with van der Waals surface area (Å²) >= 11 is 0. The van der Waals surface area contributed by atoms with Crippen LogP contribution in [-0.2, 0) is 4.79 Å². The standard InChI is InChI=1S/C16H32O2/c1-5-8-9-10-11-12-14(7-3)16(4,13-6-2)15(17)18/h14H,5-13H2,1-4H3,(H,17,18). The summed E-state index contributed by atoms with van der Waals surface area (Å²) in [5.74, 6) is -0.277. The van der Waals surface area contributed by atoms with Crippen LogP contribution in [0.25, 0.3) is 0 Å². The number of carboxylic acid groups (broad SMARTS) is 1. The van der Waals surface area contributed by atoms with Crippen molar-refractivity contribution in [1.82, 2.24) is 0 Å². The molecular formula is C16H32O2. The van der Waals surface area contributed by atoms with Crippen molar-refractivity contribution in [2.45, 2.75) is 85.5 Å². The van der Waals surface area contributed by atoms with Gasteiger partial charge in [-0.05, 0) is 25.7 Å². The van der Waals surface area contributed by atoms with Gasteiger partial charge in [0.25, 0.3) is 0 Å². The van der Waals surface area contributed by atoms with Gasteiger partial charge in [0.15, 0.2) is 0 Å². The van der Waals surface area contributed by atoms with Gasteiger partial charge < -0.3 is 5.11 Å². The summed E-state index contributed by atoms with van der Waals surface area (Å²) in [6.45, 7) is 8.37. The Kier molecular flexibility index (Phi) is 9.13. The van der Waals surface area contributed by atoms with Crippen LogP contribution in [0.1, 0.15) is 85.5 Å². The lowest BCUT2D eigenvalue weighted by atomic mass is 9.70. The Hall–Kier alpha value is -0.530. The first-order chi connectivity index (χ1) is 8.52. The van der Waals surface area contributed by atoms with Crippen LogP contribution in [0.4, 0.5) is 0 Å². The minimum atomic E-state index is -0.607. The van der Waals surface area contributed by atoms with E-state index in [1.54, 1.807) is 0 Å². The molecule has 2 nitrogen and oxygen atoms in total. The third-order valence-electron chi connectivity index (χ3n) is 4.31. The zero-order valence-electron chi connectivity index (χ0n) is 12.8. The van der Waals surface area contributed by atoms with E-state index in [1.807, 2.05) is 6.92 Å². The highest BCUT2D eigenvalue weighted by molar-refractivity contribution is 5.74. The van der Waals surface area contributed by atoms with Crippen molar-refractivity contribution in [2.24, 2.45) is 11.3 Å². The monoisotopic (exact) mass is 256 g/mol. The van der Waals surface area contributed by atoms with E-state index in [1.165, 1.54) is 32.1 Å². The fourth-order valence-electron chi connectivity index (χ4n) is 2.97. The number of hydrogen-bond acceptors (Lipinski definition) is 1. The predicted octanol–water partition coefficient (Wildman–Crippen LogP) is 5.26. The number of rotatable bonds is 11. The van der Waals surface area contributed by atoms with E-state index in [2.05, 4.69) is 20.8 Å². The van der Waals surface area contributed by atoms with Crippen molar-refractivity contribution in [3.05, 3.63) is 0 Å². The zero-order chi connectivity index (χ0) is 14.0. The fraction of sp³-hybridized carbons (Fsp3) is 0.938. The Labute approximate surface area is 113 Å². The van der Waals surface area contributed by atoms with Crippen LogP contribution in [0.5, 0.6) is 0 Å². The van der Waals surface area contributed by atoms with Gasteiger partial charge in [-0.3, -0.25) is 4.79 Å². The lowest BCUT2D eigenvalue weighted by molar-refractivity contribution is -0.152. The highest BCUT2D eigenvalue weighted by Gasteiger charge is 2.38. The van der Waals surface area contributed by atoms with E-state index in [9.17, 15) is 9.90 Å². The van der Waals surface area contributed by atoms with Gasteiger partial charge in [0.1, 0.15) is 0 Å². The lowest BCUT2D eigenvalue weighted by Gasteiger charge is -2.33. The summed E-state index contributed by atoms with van der Waals surface area (Å²) in [7, 11) is 0. The van der Waals surface area contributed by atoms with E-state index < -0.39 is 11.4 Å².